The standard InChI is InChI=1S/C18H31NO2/c1-14(2)13-20-10-11-21-17-15(3)8-7-9-16(17)12-19-18(4,5)6/h7-9,14,19H,10-13H2,1-6H3. The van der Waals surface area contributed by atoms with Crippen molar-refractivity contribution in [1.82, 2.24) is 5.32 Å². The van der Waals surface area contributed by atoms with Gasteiger partial charge in [-0.25, -0.2) is 0 Å². The maximum absolute atomic E-state index is 5.95. The van der Waals surface area contributed by atoms with Crippen molar-refractivity contribution in [2.75, 3.05) is 19.8 Å². The summed E-state index contributed by atoms with van der Waals surface area (Å²) in [6.07, 6.45) is 0. The van der Waals surface area contributed by atoms with Gasteiger partial charge >= 0.3 is 0 Å². The van der Waals surface area contributed by atoms with Gasteiger partial charge in [0.15, 0.2) is 0 Å². The van der Waals surface area contributed by atoms with Crippen molar-refractivity contribution >= 4 is 0 Å². The lowest BCUT2D eigenvalue weighted by atomic mass is 10.1. The summed E-state index contributed by atoms with van der Waals surface area (Å²) in [5, 5.41) is 3.51. The summed E-state index contributed by atoms with van der Waals surface area (Å²) in [5.74, 6) is 1.55. The summed E-state index contributed by atoms with van der Waals surface area (Å²) in [7, 11) is 0. The highest BCUT2D eigenvalue weighted by Gasteiger charge is 2.12. The number of ether oxygens (including phenoxy) is 2. The number of para-hydroxylation sites is 1. The molecule has 120 valence electrons. The molecule has 0 spiro atoms. The summed E-state index contributed by atoms with van der Waals surface area (Å²) in [6.45, 7) is 15.7. The summed E-state index contributed by atoms with van der Waals surface area (Å²) in [6, 6.07) is 6.29. The number of hydrogen-bond donors (Lipinski definition) is 1. The van der Waals surface area contributed by atoms with E-state index in [1.54, 1.807) is 0 Å². The Hall–Kier alpha value is -1.06. The van der Waals surface area contributed by atoms with Crippen LogP contribution in [0.5, 0.6) is 5.75 Å². The van der Waals surface area contributed by atoms with Crippen LogP contribution in [-0.4, -0.2) is 25.4 Å². The van der Waals surface area contributed by atoms with Crippen molar-refractivity contribution in [3.63, 3.8) is 0 Å². The van der Waals surface area contributed by atoms with E-state index in [2.05, 4.69) is 65.1 Å². The third-order valence-electron chi connectivity index (χ3n) is 3.03. The van der Waals surface area contributed by atoms with Crippen LogP contribution in [0.15, 0.2) is 18.2 Å². The Labute approximate surface area is 130 Å². The summed E-state index contributed by atoms with van der Waals surface area (Å²) in [5.41, 5.74) is 2.47. The zero-order valence-corrected chi connectivity index (χ0v) is 14.5. The average molecular weight is 293 g/mol. The Bertz CT molecular complexity index is 422. The molecule has 1 aromatic rings. The summed E-state index contributed by atoms with van der Waals surface area (Å²) >= 11 is 0. The molecule has 0 radical (unpaired) electrons. The second kappa shape index (κ2) is 8.40. The molecule has 0 aliphatic heterocycles. The van der Waals surface area contributed by atoms with Crippen molar-refractivity contribution in [3.05, 3.63) is 29.3 Å². The first kappa shape index (κ1) is 18.0. The molecule has 0 fully saturated rings. The Morgan fingerprint density at radius 3 is 2.48 bits per heavy atom. The van der Waals surface area contributed by atoms with E-state index in [1.165, 1.54) is 11.1 Å². The quantitative estimate of drug-likeness (QED) is 0.737. The van der Waals surface area contributed by atoms with Gasteiger partial charge in [0.2, 0.25) is 0 Å². The van der Waals surface area contributed by atoms with Crippen molar-refractivity contribution < 1.29 is 9.47 Å². The number of aryl methyl sites for hydroxylation is 1. The van der Waals surface area contributed by atoms with Crippen LogP contribution < -0.4 is 10.1 Å². The van der Waals surface area contributed by atoms with Crippen molar-refractivity contribution in [1.29, 1.82) is 0 Å². The maximum Gasteiger partial charge on any atom is 0.126 e. The zero-order valence-electron chi connectivity index (χ0n) is 14.5. The van der Waals surface area contributed by atoms with Crippen LogP contribution in [0.1, 0.15) is 45.7 Å². The molecule has 0 aliphatic rings. The van der Waals surface area contributed by atoms with Crippen LogP contribution in [0, 0.1) is 12.8 Å². The monoisotopic (exact) mass is 293 g/mol. The molecule has 0 aromatic heterocycles. The molecule has 0 aliphatic carbocycles. The highest BCUT2D eigenvalue weighted by Crippen LogP contribution is 2.24. The lowest BCUT2D eigenvalue weighted by Gasteiger charge is -2.22. The first-order chi connectivity index (χ1) is 9.79. The molecular formula is C18H31NO2. The van der Waals surface area contributed by atoms with Gasteiger partial charge in [-0.3, -0.25) is 0 Å². The van der Waals surface area contributed by atoms with E-state index in [4.69, 9.17) is 9.47 Å². The van der Waals surface area contributed by atoms with Gasteiger partial charge in [-0.15, -0.1) is 0 Å². The molecule has 0 atom stereocenters. The molecule has 0 amide bonds. The highest BCUT2D eigenvalue weighted by atomic mass is 16.5. The highest BCUT2D eigenvalue weighted by molar-refractivity contribution is 5.40. The number of hydrogen-bond acceptors (Lipinski definition) is 3. The van der Waals surface area contributed by atoms with Gasteiger partial charge in [0.05, 0.1) is 6.61 Å². The van der Waals surface area contributed by atoms with Gasteiger partial charge in [0.25, 0.3) is 0 Å². The maximum atomic E-state index is 5.95. The van der Waals surface area contributed by atoms with Gasteiger partial charge in [-0.2, -0.15) is 0 Å². The minimum Gasteiger partial charge on any atom is -0.491 e. The predicted octanol–water partition coefficient (Wildman–Crippen LogP) is 3.93. The summed E-state index contributed by atoms with van der Waals surface area (Å²) in [4.78, 5) is 0. The van der Waals surface area contributed by atoms with Gasteiger partial charge < -0.3 is 14.8 Å². The SMILES string of the molecule is Cc1cccc(CNC(C)(C)C)c1OCCOCC(C)C. The van der Waals surface area contributed by atoms with E-state index in [9.17, 15) is 0 Å². The van der Waals surface area contributed by atoms with Gasteiger partial charge in [0, 0.05) is 24.3 Å². The van der Waals surface area contributed by atoms with Crippen molar-refractivity contribution in [2.45, 2.75) is 53.6 Å². The molecule has 0 saturated heterocycles. The molecule has 0 unspecified atom stereocenters. The first-order valence-electron chi connectivity index (χ1n) is 7.83. The molecule has 3 nitrogen and oxygen atoms in total. The van der Waals surface area contributed by atoms with Gasteiger partial charge in [-0.1, -0.05) is 32.0 Å². The number of nitrogens with one attached hydrogen (secondary N) is 1. The molecule has 0 heterocycles. The summed E-state index contributed by atoms with van der Waals surface area (Å²) < 4.78 is 11.5. The molecule has 21 heavy (non-hydrogen) atoms. The van der Waals surface area contributed by atoms with E-state index >= 15 is 0 Å². The first-order valence-corrected chi connectivity index (χ1v) is 7.83. The largest absolute Gasteiger partial charge is 0.491 e. The minimum absolute atomic E-state index is 0.0986. The number of benzene rings is 1. The third kappa shape index (κ3) is 7.49. The number of rotatable bonds is 8. The molecule has 1 rings (SSSR count). The van der Waals surface area contributed by atoms with E-state index < -0.39 is 0 Å². The lowest BCUT2D eigenvalue weighted by Crippen LogP contribution is -2.35. The van der Waals surface area contributed by atoms with E-state index in [0.29, 0.717) is 19.1 Å². The van der Waals surface area contributed by atoms with Gasteiger partial charge in [0.1, 0.15) is 12.4 Å². The average Bonchev–Trinajstić information content (AvgIpc) is 2.36. The second-order valence-corrected chi connectivity index (χ2v) is 6.98. The molecule has 3 heteroatoms. The minimum atomic E-state index is 0.0986. The Kier molecular flexibility index (Phi) is 7.20. The van der Waals surface area contributed by atoms with Crippen LogP contribution in [0.25, 0.3) is 0 Å². The molecular weight excluding hydrogens is 262 g/mol. The molecule has 0 saturated carbocycles. The Morgan fingerprint density at radius 2 is 1.86 bits per heavy atom. The fourth-order valence-corrected chi connectivity index (χ4v) is 1.94. The van der Waals surface area contributed by atoms with Crippen LogP contribution in [0.3, 0.4) is 0 Å². The molecule has 1 aromatic carbocycles. The predicted molar refractivity (Wildman–Crippen MR) is 88.9 cm³/mol. The van der Waals surface area contributed by atoms with Crippen LogP contribution in [0.4, 0.5) is 0 Å². The molecule has 0 bridgehead atoms. The Balaban J connectivity index is 2.55. The van der Waals surface area contributed by atoms with E-state index in [0.717, 1.165) is 18.9 Å². The fraction of sp³-hybridized carbons (Fsp3) is 0.667. The topological polar surface area (TPSA) is 30.5 Å². The lowest BCUT2D eigenvalue weighted by molar-refractivity contribution is 0.0814. The molecule has 1 N–H and O–H groups in total. The van der Waals surface area contributed by atoms with Crippen LogP contribution in [0.2, 0.25) is 0 Å². The van der Waals surface area contributed by atoms with E-state index in [1.807, 2.05) is 0 Å². The fourth-order valence-electron chi connectivity index (χ4n) is 1.94. The van der Waals surface area contributed by atoms with Crippen molar-refractivity contribution in [2.24, 2.45) is 5.92 Å². The normalized spacial score (nSPS) is 12.0. The third-order valence-corrected chi connectivity index (χ3v) is 3.03. The van der Waals surface area contributed by atoms with Crippen molar-refractivity contribution in [3.8, 4) is 5.75 Å². The second-order valence-electron chi connectivity index (χ2n) is 6.98. The van der Waals surface area contributed by atoms with Crippen LogP contribution in [-0.2, 0) is 11.3 Å². The smallest absolute Gasteiger partial charge is 0.126 e. The zero-order chi connectivity index (χ0) is 15.9. The Morgan fingerprint density at radius 1 is 1.14 bits per heavy atom. The van der Waals surface area contributed by atoms with Crippen LogP contribution >= 0.6 is 0 Å². The van der Waals surface area contributed by atoms with Gasteiger partial charge in [-0.05, 0) is 39.2 Å². The van der Waals surface area contributed by atoms with E-state index in [-0.39, 0.29) is 5.54 Å².